The molecule has 1 amide bonds. The van der Waals surface area contributed by atoms with Gasteiger partial charge in [-0.1, -0.05) is 6.07 Å². The molecule has 21 heavy (non-hydrogen) atoms. The summed E-state index contributed by atoms with van der Waals surface area (Å²) >= 11 is 3.40. The Morgan fingerprint density at radius 2 is 2.14 bits per heavy atom. The number of benzene rings is 1. The summed E-state index contributed by atoms with van der Waals surface area (Å²) in [5, 5.41) is 7.20. The van der Waals surface area contributed by atoms with Crippen LogP contribution in [0.4, 0.5) is 5.69 Å². The van der Waals surface area contributed by atoms with E-state index in [9.17, 15) is 4.79 Å². The van der Waals surface area contributed by atoms with Crippen LogP contribution in [0.3, 0.4) is 0 Å². The molecular weight excluding hydrogens is 334 g/mol. The van der Waals surface area contributed by atoms with Gasteiger partial charge in [0.25, 0.3) is 0 Å². The van der Waals surface area contributed by atoms with E-state index in [0.717, 1.165) is 15.7 Å². The monoisotopic (exact) mass is 351 g/mol. The van der Waals surface area contributed by atoms with Crippen molar-refractivity contribution in [2.24, 2.45) is 0 Å². The quantitative estimate of drug-likeness (QED) is 0.917. The normalized spacial score (nSPS) is 12.0. The van der Waals surface area contributed by atoms with Gasteiger partial charge in [-0.3, -0.25) is 9.48 Å². The average Bonchev–Trinajstić information content (AvgIpc) is 2.78. The average molecular weight is 352 g/mol. The Hall–Kier alpha value is -1.82. The van der Waals surface area contributed by atoms with Crippen molar-refractivity contribution < 1.29 is 9.53 Å². The number of anilines is 1. The highest BCUT2D eigenvalue weighted by molar-refractivity contribution is 9.10. The van der Waals surface area contributed by atoms with Crippen molar-refractivity contribution in [2.45, 2.75) is 26.8 Å². The van der Waals surface area contributed by atoms with Crippen molar-refractivity contribution in [1.29, 1.82) is 0 Å². The smallest absolute Gasteiger partial charge is 0.249 e. The fourth-order valence-electron chi connectivity index (χ4n) is 1.93. The number of carbonyl (C=O) groups is 1. The lowest BCUT2D eigenvalue weighted by molar-refractivity contribution is -0.119. The van der Waals surface area contributed by atoms with E-state index in [2.05, 4.69) is 26.3 Å². The van der Waals surface area contributed by atoms with Crippen LogP contribution in [0.1, 0.15) is 24.2 Å². The number of aromatic nitrogens is 2. The first-order valence-corrected chi connectivity index (χ1v) is 7.38. The molecule has 0 saturated heterocycles. The van der Waals surface area contributed by atoms with E-state index in [4.69, 9.17) is 4.74 Å². The second kappa shape index (κ2) is 6.30. The third kappa shape index (κ3) is 3.44. The summed E-state index contributed by atoms with van der Waals surface area (Å²) in [6.45, 7) is 5.65. The molecule has 2 aromatic rings. The van der Waals surface area contributed by atoms with Crippen LogP contribution in [0.15, 0.2) is 28.9 Å². The number of aryl methyl sites for hydroxylation is 2. The van der Waals surface area contributed by atoms with Gasteiger partial charge in [0.2, 0.25) is 5.91 Å². The zero-order valence-electron chi connectivity index (χ0n) is 12.5. The number of ether oxygens (including phenoxy) is 1. The zero-order chi connectivity index (χ0) is 15.6. The van der Waals surface area contributed by atoms with E-state index in [-0.39, 0.29) is 5.91 Å². The van der Waals surface area contributed by atoms with Crippen LogP contribution in [0.25, 0.3) is 0 Å². The standard InChI is InChI=1S/C15H18BrN3O2/c1-9-5-6-14(21-4)13(7-9)17-15(20)11(3)19-8-12(16)10(2)18-19/h5-8,11H,1-4H3,(H,17,20). The number of hydrogen-bond acceptors (Lipinski definition) is 3. The van der Waals surface area contributed by atoms with Crippen molar-refractivity contribution >= 4 is 27.5 Å². The van der Waals surface area contributed by atoms with Gasteiger partial charge in [-0.2, -0.15) is 5.10 Å². The summed E-state index contributed by atoms with van der Waals surface area (Å²) in [6, 6.07) is 5.24. The van der Waals surface area contributed by atoms with Crippen LogP contribution >= 0.6 is 15.9 Å². The Kier molecular flexibility index (Phi) is 4.67. The lowest BCUT2D eigenvalue weighted by Crippen LogP contribution is -2.24. The predicted octanol–water partition coefficient (Wildman–Crippen LogP) is 3.47. The SMILES string of the molecule is COc1ccc(C)cc1NC(=O)C(C)n1cc(Br)c(C)n1. The molecule has 1 aromatic heterocycles. The summed E-state index contributed by atoms with van der Waals surface area (Å²) in [4.78, 5) is 12.4. The number of amides is 1. The van der Waals surface area contributed by atoms with E-state index in [1.54, 1.807) is 24.9 Å². The Balaban J connectivity index is 2.19. The molecule has 1 unspecified atom stereocenters. The largest absolute Gasteiger partial charge is 0.495 e. The Bertz CT molecular complexity index is 647. The van der Waals surface area contributed by atoms with Gasteiger partial charge in [0, 0.05) is 6.20 Å². The van der Waals surface area contributed by atoms with E-state index < -0.39 is 6.04 Å². The van der Waals surface area contributed by atoms with Crippen LogP contribution in [0.2, 0.25) is 0 Å². The van der Waals surface area contributed by atoms with Crippen molar-refractivity contribution in [3.8, 4) is 5.75 Å². The number of hydrogen-bond donors (Lipinski definition) is 1. The van der Waals surface area contributed by atoms with Crippen LogP contribution in [-0.2, 0) is 4.79 Å². The van der Waals surface area contributed by atoms with Gasteiger partial charge >= 0.3 is 0 Å². The van der Waals surface area contributed by atoms with E-state index in [1.807, 2.05) is 32.0 Å². The van der Waals surface area contributed by atoms with Crippen molar-refractivity contribution in [1.82, 2.24) is 9.78 Å². The molecule has 1 N–H and O–H groups in total. The molecule has 0 fully saturated rings. The van der Waals surface area contributed by atoms with Crippen molar-refractivity contribution in [3.63, 3.8) is 0 Å². The Morgan fingerprint density at radius 1 is 1.43 bits per heavy atom. The molecule has 0 aliphatic rings. The van der Waals surface area contributed by atoms with Gasteiger partial charge in [0.05, 0.1) is 23.0 Å². The van der Waals surface area contributed by atoms with Gasteiger partial charge in [-0.25, -0.2) is 0 Å². The summed E-state index contributed by atoms with van der Waals surface area (Å²) in [5.74, 6) is 0.493. The molecule has 2 rings (SSSR count). The second-order valence-corrected chi connectivity index (χ2v) is 5.77. The minimum Gasteiger partial charge on any atom is -0.495 e. The molecule has 0 spiro atoms. The van der Waals surface area contributed by atoms with Gasteiger partial charge < -0.3 is 10.1 Å². The number of halogens is 1. The molecule has 0 bridgehead atoms. The Morgan fingerprint density at radius 3 is 2.71 bits per heavy atom. The van der Waals surface area contributed by atoms with Crippen molar-refractivity contribution in [2.75, 3.05) is 12.4 Å². The summed E-state index contributed by atoms with van der Waals surface area (Å²) in [6.07, 6.45) is 1.80. The first kappa shape index (κ1) is 15.6. The molecular formula is C15H18BrN3O2. The molecule has 112 valence electrons. The molecule has 0 saturated carbocycles. The number of nitrogens with one attached hydrogen (secondary N) is 1. The van der Waals surface area contributed by atoms with Gasteiger partial charge in [0.1, 0.15) is 11.8 Å². The van der Waals surface area contributed by atoms with E-state index in [0.29, 0.717) is 11.4 Å². The summed E-state index contributed by atoms with van der Waals surface area (Å²) in [5.41, 5.74) is 2.57. The van der Waals surface area contributed by atoms with Gasteiger partial charge in [0.15, 0.2) is 0 Å². The lowest BCUT2D eigenvalue weighted by atomic mass is 10.2. The Labute approximate surface area is 132 Å². The first-order chi connectivity index (χ1) is 9.92. The van der Waals surface area contributed by atoms with Crippen LogP contribution in [0.5, 0.6) is 5.75 Å². The third-order valence-electron chi connectivity index (χ3n) is 3.25. The fourth-order valence-corrected chi connectivity index (χ4v) is 2.22. The molecule has 1 aromatic carbocycles. The molecule has 1 atom stereocenters. The lowest BCUT2D eigenvalue weighted by Gasteiger charge is -2.15. The maximum atomic E-state index is 12.4. The minimum atomic E-state index is -0.416. The van der Waals surface area contributed by atoms with Gasteiger partial charge in [-0.05, 0) is 54.4 Å². The number of rotatable bonds is 4. The summed E-state index contributed by atoms with van der Waals surface area (Å²) < 4.78 is 7.79. The van der Waals surface area contributed by atoms with Gasteiger partial charge in [-0.15, -0.1) is 0 Å². The first-order valence-electron chi connectivity index (χ1n) is 6.59. The van der Waals surface area contributed by atoms with E-state index >= 15 is 0 Å². The highest BCUT2D eigenvalue weighted by Gasteiger charge is 2.18. The zero-order valence-corrected chi connectivity index (χ0v) is 14.1. The molecule has 0 aliphatic carbocycles. The van der Waals surface area contributed by atoms with E-state index in [1.165, 1.54) is 0 Å². The predicted molar refractivity (Wildman–Crippen MR) is 85.7 cm³/mol. The number of methoxy groups -OCH3 is 1. The molecule has 1 heterocycles. The van der Waals surface area contributed by atoms with Crippen LogP contribution in [-0.4, -0.2) is 22.8 Å². The highest BCUT2D eigenvalue weighted by Crippen LogP contribution is 2.26. The molecule has 0 radical (unpaired) electrons. The maximum absolute atomic E-state index is 12.4. The topological polar surface area (TPSA) is 56.1 Å². The maximum Gasteiger partial charge on any atom is 0.249 e. The molecule has 5 nitrogen and oxygen atoms in total. The molecule has 6 heteroatoms. The fraction of sp³-hybridized carbons (Fsp3) is 0.333. The third-order valence-corrected chi connectivity index (χ3v) is 4.02. The second-order valence-electron chi connectivity index (χ2n) is 4.91. The number of carbonyl (C=O) groups excluding carboxylic acids is 1. The summed E-state index contributed by atoms with van der Waals surface area (Å²) in [7, 11) is 1.58. The van der Waals surface area contributed by atoms with Crippen LogP contribution < -0.4 is 10.1 Å². The highest BCUT2D eigenvalue weighted by atomic mass is 79.9. The minimum absolute atomic E-state index is 0.145. The molecule has 0 aliphatic heterocycles. The number of nitrogens with zero attached hydrogens (tertiary/aromatic N) is 2. The van der Waals surface area contributed by atoms with Crippen molar-refractivity contribution in [3.05, 3.63) is 40.1 Å². The van der Waals surface area contributed by atoms with Crippen LogP contribution in [0, 0.1) is 13.8 Å².